The van der Waals surface area contributed by atoms with Crippen molar-refractivity contribution in [2.75, 3.05) is 11.6 Å². The number of nitrogens with one attached hydrogen (secondary N) is 1. The van der Waals surface area contributed by atoms with Crippen molar-refractivity contribution >= 4 is 17.7 Å². The van der Waals surface area contributed by atoms with Crippen LogP contribution in [0.2, 0.25) is 0 Å². The van der Waals surface area contributed by atoms with Gasteiger partial charge in [0.05, 0.1) is 11.4 Å². The zero-order chi connectivity index (χ0) is 20.1. The lowest BCUT2D eigenvalue weighted by Gasteiger charge is -2.13. The van der Waals surface area contributed by atoms with Gasteiger partial charge >= 0.3 is 0 Å². The molecule has 3 aromatic rings. The number of rotatable bonds is 8. The molecule has 0 unspecified atom stereocenters. The van der Waals surface area contributed by atoms with Gasteiger partial charge in [-0.3, -0.25) is 4.79 Å². The molecule has 1 amide bonds. The van der Waals surface area contributed by atoms with Gasteiger partial charge in [0.15, 0.2) is 0 Å². The van der Waals surface area contributed by atoms with Gasteiger partial charge in [0.2, 0.25) is 11.1 Å². The highest BCUT2D eigenvalue weighted by Crippen LogP contribution is 2.17. The van der Waals surface area contributed by atoms with Gasteiger partial charge in [-0.2, -0.15) is 5.10 Å². The third-order valence-electron chi connectivity index (χ3n) is 4.29. The Bertz CT molecular complexity index is 935. The van der Waals surface area contributed by atoms with Crippen molar-refractivity contribution in [3.63, 3.8) is 0 Å². The quantitative estimate of drug-likeness (QED) is 0.444. The van der Waals surface area contributed by atoms with Crippen LogP contribution in [0.25, 0.3) is 5.95 Å². The third kappa shape index (κ3) is 4.92. The van der Waals surface area contributed by atoms with E-state index in [1.165, 1.54) is 22.0 Å². The molecule has 28 heavy (non-hydrogen) atoms. The Labute approximate surface area is 168 Å². The first-order valence-electron chi connectivity index (χ1n) is 9.14. The first-order valence-corrected chi connectivity index (χ1v) is 10.1. The highest BCUT2D eigenvalue weighted by atomic mass is 32.2. The number of carbonyl (C=O) groups excluding carboxylic acids is 1. The summed E-state index contributed by atoms with van der Waals surface area (Å²) in [5.41, 5.74) is 3.06. The van der Waals surface area contributed by atoms with Crippen LogP contribution in [0.1, 0.15) is 30.3 Å². The summed E-state index contributed by atoms with van der Waals surface area (Å²) in [5.74, 6) is 6.68. The van der Waals surface area contributed by atoms with Gasteiger partial charge < -0.3 is 11.2 Å². The smallest absolute Gasteiger partial charge is 0.271 e. The second-order valence-electron chi connectivity index (χ2n) is 6.77. The Hall–Kier alpha value is -2.81. The van der Waals surface area contributed by atoms with Crippen molar-refractivity contribution in [2.45, 2.75) is 44.8 Å². The molecule has 0 aliphatic rings. The van der Waals surface area contributed by atoms with E-state index in [4.69, 9.17) is 5.84 Å². The van der Waals surface area contributed by atoms with Crippen LogP contribution in [0.15, 0.2) is 41.6 Å². The van der Waals surface area contributed by atoms with E-state index in [0.29, 0.717) is 11.1 Å². The fourth-order valence-electron chi connectivity index (χ4n) is 2.89. The Kier molecular flexibility index (Phi) is 6.35. The summed E-state index contributed by atoms with van der Waals surface area (Å²) in [6.45, 7) is 5.84. The van der Waals surface area contributed by atoms with Gasteiger partial charge in [0.1, 0.15) is 0 Å². The summed E-state index contributed by atoms with van der Waals surface area (Å²) >= 11 is 1.25. The number of thioether (sulfide) groups is 1. The fraction of sp³-hybridized carbons (Fsp3) is 0.368. The maximum Gasteiger partial charge on any atom is 0.271 e. The SMILES string of the molecule is Cc1cc(C)n(-c2nnc(SCC(=O)N[C@@H](C)CCc3ccccc3)n2N)n1. The number of aromatic nitrogens is 5. The highest BCUT2D eigenvalue weighted by molar-refractivity contribution is 7.99. The molecule has 0 spiro atoms. The van der Waals surface area contributed by atoms with Crippen molar-refractivity contribution in [1.82, 2.24) is 30.0 Å². The molecule has 0 radical (unpaired) electrons. The van der Waals surface area contributed by atoms with Crippen molar-refractivity contribution in [3.05, 3.63) is 53.3 Å². The standard InChI is InChI=1S/C19H25N7OS/c1-13(9-10-16-7-5-4-6-8-16)21-17(27)12-28-19-23-22-18(25(19)20)26-15(3)11-14(2)24-26/h4-8,11,13H,9-10,12,20H2,1-3H3,(H,21,27)/t13-/m0/s1. The molecule has 2 aromatic heterocycles. The number of hydrogen-bond acceptors (Lipinski definition) is 6. The number of nitrogen functional groups attached to an aromatic ring is 1. The first kappa shape index (κ1) is 19.9. The molecule has 0 aliphatic carbocycles. The van der Waals surface area contributed by atoms with Gasteiger partial charge in [0.25, 0.3) is 5.95 Å². The molecule has 0 saturated carbocycles. The Morgan fingerprint density at radius 3 is 2.68 bits per heavy atom. The largest absolute Gasteiger partial charge is 0.353 e. The maximum absolute atomic E-state index is 12.2. The van der Waals surface area contributed by atoms with E-state index in [2.05, 4.69) is 32.7 Å². The lowest BCUT2D eigenvalue weighted by Crippen LogP contribution is -2.34. The average Bonchev–Trinajstić information content (AvgIpc) is 3.20. The molecule has 0 aliphatic heterocycles. The van der Waals surface area contributed by atoms with Crippen LogP contribution in [0.3, 0.4) is 0 Å². The van der Waals surface area contributed by atoms with E-state index in [-0.39, 0.29) is 17.7 Å². The van der Waals surface area contributed by atoms with Gasteiger partial charge in [-0.05, 0) is 45.2 Å². The number of carbonyl (C=O) groups is 1. The lowest BCUT2D eigenvalue weighted by molar-refractivity contribution is -0.119. The molecule has 148 valence electrons. The molecule has 1 aromatic carbocycles. The molecule has 1 atom stereocenters. The Morgan fingerprint density at radius 2 is 2.00 bits per heavy atom. The van der Waals surface area contributed by atoms with Crippen LogP contribution >= 0.6 is 11.8 Å². The minimum atomic E-state index is -0.0544. The third-order valence-corrected chi connectivity index (χ3v) is 5.24. The summed E-state index contributed by atoms with van der Waals surface area (Å²) < 4.78 is 2.99. The van der Waals surface area contributed by atoms with Crippen molar-refractivity contribution in [1.29, 1.82) is 0 Å². The van der Waals surface area contributed by atoms with Crippen LogP contribution in [0.5, 0.6) is 0 Å². The fourth-order valence-corrected chi connectivity index (χ4v) is 3.55. The normalized spacial score (nSPS) is 12.1. The van der Waals surface area contributed by atoms with E-state index in [0.717, 1.165) is 24.2 Å². The molecule has 0 fully saturated rings. The minimum absolute atomic E-state index is 0.0544. The maximum atomic E-state index is 12.2. The summed E-state index contributed by atoms with van der Waals surface area (Å²) in [6.07, 6.45) is 1.81. The monoisotopic (exact) mass is 399 g/mol. The predicted molar refractivity (Wildman–Crippen MR) is 110 cm³/mol. The van der Waals surface area contributed by atoms with Gasteiger partial charge in [0, 0.05) is 11.7 Å². The van der Waals surface area contributed by atoms with E-state index < -0.39 is 0 Å². The van der Waals surface area contributed by atoms with E-state index in [1.807, 2.05) is 45.0 Å². The molecular weight excluding hydrogens is 374 g/mol. The summed E-state index contributed by atoms with van der Waals surface area (Å²) in [6, 6.07) is 12.3. The number of amides is 1. The predicted octanol–water partition coefficient (Wildman–Crippen LogP) is 2.02. The van der Waals surface area contributed by atoms with E-state index in [9.17, 15) is 4.79 Å². The number of hydrogen-bond donors (Lipinski definition) is 2. The number of nitrogens with two attached hydrogens (primary N) is 1. The Morgan fingerprint density at radius 1 is 1.25 bits per heavy atom. The van der Waals surface area contributed by atoms with Gasteiger partial charge in [-0.15, -0.1) is 10.2 Å². The first-order chi connectivity index (χ1) is 13.4. The second-order valence-corrected chi connectivity index (χ2v) is 7.72. The van der Waals surface area contributed by atoms with Crippen molar-refractivity contribution < 1.29 is 4.79 Å². The minimum Gasteiger partial charge on any atom is -0.353 e. The number of aryl methyl sites for hydroxylation is 3. The zero-order valence-corrected chi connectivity index (χ0v) is 17.1. The molecule has 9 heteroatoms. The van der Waals surface area contributed by atoms with Gasteiger partial charge in [-0.25, -0.2) is 9.36 Å². The van der Waals surface area contributed by atoms with Gasteiger partial charge in [-0.1, -0.05) is 42.1 Å². The molecule has 2 heterocycles. The number of benzene rings is 1. The molecule has 3 N–H and O–H groups in total. The van der Waals surface area contributed by atoms with Crippen LogP contribution < -0.4 is 11.2 Å². The topological polar surface area (TPSA) is 104 Å². The van der Waals surface area contributed by atoms with Crippen molar-refractivity contribution in [3.8, 4) is 5.95 Å². The molecule has 8 nitrogen and oxygen atoms in total. The number of nitrogens with zero attached hydrogens (tertiary/aromatic N) is 5. The molecule has 0 saturated heterocycles. The van der Waals surface area contributed by atoms with E-state index in [1.54, 1.807) is 4.68 Å². The second kappa shape index (κ2) is 8.92. The summed E-state index contributed by atoms with van der Waals surface area (Å²) in [5, 5.41) is 16.0. The van der Waals surface area contributed by atoms with E-state index >= 15 is 0 Å². The lowest BCUT2D eigenvalue weighted by atomic mass is 10.1. The van der Waals surface area contributed by atoms with Crippen molar-refractivity contribution in [2.24, 2.45) is 0 Å². The summed E-state index contributed by atoms with van der Waals surface area (Å²) in [7, 11) is 0. The average molecular weight is 400 g/mol. The molecular formula is C19H25N7OS. The molecule has 3 rings (SSSR count). The Balaban J connectivity index is 1.50. The summed E-state index contributed by atoms with van der Waals surface area (Å²) in [4.78, 5) is 12.2. The zero-order valence-electron chi connectivity index (χ0n) is 16.3. The van der Waals surface area contributed by atoms with Crippen LogP contribution in [-0.2, 0) is 11.2 Å². The molecule has 0 bridgehead atoms. The van der Waals surface area contributed by atoms with Crippen LogP contribution in [0, 0.1) is 13.8 Å². The highest BCUT2D eigenvalue weighted by Gasteiger charge is 2.16. The van der Waals surface area contributed by atoms with Crippen LogP contribution in [-0.4, -0.2) is 42.4 Å². The van der Waals surface area contributed by atoms with Crippen LogP contribution in [0.4, 0.5) is 0 Å².